The number of carbonyl (C=O) groups is 2. The van der Waals surface area contributed by atoms with Crippen molar-refractivity contribution in [3.8, 4) is 0 Å². The first-order valence-corrected chi connectivity index (χ1v) is 7.90. The average molecular weight is 322 g/mol. The number of amides is 3. The van der Waals surface area contributed by atoms with Crippen molar-refractivity contribution in [2.75, 3.05) is 37.6 Å². The number of rotatable bonds is 5. The van der Waals surface area contributed by atoms with Gasteiger partial charge in [0, 0.05) is 39.1 Å². The van der Waals surface area contributed by atoms with Crippen molar-refractivity contribution in [3.05, 3.63) is 5.89 Å². The molecule has 2 fully saturated rings. The fourth-order valence-corrected chi connectivity index (χ4v) is 2.75. The van der Waals surface area contributed by atoms with Crippen molar-refractivity contribution >= 4 is 17.9 Å². The number of aromatic nitrogens is 2. The van der Waals surface area contributed by atoms with E-state index in [1.165, 1.54) is 4.90 Å². The van der Waals surface area contributed by atoms with Crippen LogP contribution in [0.5, 0.6) is 0 Å². The molecule has 1 aromatic rings. The molecular formula is C14H22N6O3. The fourth-order valence-electron chi connectivity index (χ4n) is 2.75. The molecule has 2 aliphatic rings. The summed E-state index contributed by atoms with van der Waals surface area (Å²) in [5.41, 5.74) is -0.822. The van der Waals surface area contributed by atoms with E-state index in [0.29, 0.717) is 31.2 Å². The maximum absolute atomic E-state index is 12.1. The minimum atomic E-state index is -0.822. The summed E-state index contributed by atoms with van der Waals surface area (Å²) in [6.07, 6.45) is 1.13. The second-order valence-electron chi connectivity index (χ2n) is 6.34. The largest absolute Gasteiger partial charge is 0.337 e. The third kappa shape index (κ3) is 3.29. The zero-order valence-electron chi connectivity index (χ0n) is 13.5. The highest BCUT2D eigenvalue weighted by Crippen LogP contribution is 2.17. The number of aryl methyl sites for hydroxylation is 1. The fraction of sp³-hybridized carbons (Fsp3) is 0.714. The molecule has 0 saturated carbocycles. The number of piperazine rings is 1. The second kappa shape index (κ2) is 6.15. The molecule has 2 N–H and O–H groups in total. The quantitative estimate of drug-likeness (QED) is 0.720. The van der Waals surface area contributed by atoms with Gasteiger partial charge in [-0.05, 0) is 25.4 Å². The molecular weight excluding hydrogens is 300 g/mol. The SMILES string of the molecule is CC1(C)NC(=O)N(CCCc2nc(N3CCNCC3)no2)C1=O. The van der Waals surface area contributed by atoms with E-state index in [1.54, 1.807) is 13.8 Å². The van der Waals surface area contributed by atoms with Crippen LogP contribution >= 0.6 is 0 Å². The standard InChI is InChI=1S/C14H22N6O3/c1-14(2)11(21)20(13(22)17-14)7-3-4-10-16-12(18-23-10)19-8-5-15-6-9-19/h15H,3-9H2,1-2H3,(H,17,22). The van der Waals surface area contributed by atoms with Crippen molar-refractivity contribution in [2.45, 2.75) is 32.2 Å². The van der Waals surface area contributed by atoms with Crippen LogP contribution in [-0.2, 0) is 11.2 Å². The van der Waals surface area contributed by atoms with E-state index < -0.39 is 5.54 Å². The predicted molar refractivity (Wildman–Crippen MR) is 82.0 cm³/mol. The lowest BCUT2D eigenvalue weighted by atomic mass is 10.1. The van der Waals surface area contributed by atoms with E-state index in [-0.39, 0.29) is 11.9 Å². The van der Waals surface area contributed by atoms with Crippen LogP contribution in [0.25, 0.3) is 0 Å². The first-order valence-electron chi connectivity index (χ1n) is 7.90. The summed E-state index contributed by atoms with van der Waals surface area (Å²) in [6, 6.07) is -0.341. The van der Waals surface area contributed by atoms with E-state index in [9.17, 15) is 9.59 Å². The summed E-state index contributed by atoms with van der Waals surface area (Å²) in [5.74, 6) is 0.942. The van der Waals surface area contributed by atoms with E-state index >= 15 is 0 Å². The summed E-state index contributed by atoms with van der Waals surface area (Å²) in [6.45, 7) is 7.28. The number of imide groups is 1. The van der Waals surface area contributed by atoms with Gasteiger partial charge in [0.05, 0.1) is 0 Å². The van der Waals surface area contributed by atoms with Gasteiger partial charge in [-0.2, -0.15) is 4.98 Å². The molecule has 3 heterocycles. The zero-order chi connectivity index (χ0) is 16.4. The smallest absolute Gasteiger partial charge is 0.325 e. The van der Waals surface area contributed by atoms with Crippen LogP contribution in [0, 0.1) is 0 Å². The van der Waals surface area contributed by atoms with Crippen molar-refractivity contribution in [2.24, 2.45) is 0 Å². The third-order valence-corrected chi connectivity index (χ3v) is 4.07. The Kier molecular flexibility index (Phi) is 4.20. The molecule has 9 nitrogen and oxygen atoms in total. The van der Waals surface area contributed by atoms with E-state index in [0.717, 1.165) is 26.2 Å². The molecule has 0 aliphatic carbocycles. The number of nitrogens with zero attached hydrogens (tertiary/aromatic N) is 4. The van der Waals surface area contributed by atoms with E-state index in [2.05, 4.69) is 25.7 Å². The molecule has 2 saturated heterocycles. The molecule has 126 valence electrons. The molecule has 0 spiro atoms. The molecule has 0 bridgehead atoms. The predicted octanol–water partition coefficient (Wildman–Crippen LogP) is -0.258. The van der Waals surface area contributed by atoms with Gasteiger partial charge in [-0.3, -0.25) is 9.69 Å². The first kappa shape index (κ1) is 15.7. The Morgan fingerprint density at radius 3 is 2.65 bits per heavy atom. The number of hydrogen-bond acceptors (Lipinski definition) is 7. The Labute approximate surface area is 134 Å². The average Bonchev–Trinajstić information content (AvgIpc) is 3.06. The minimum absolute atomic E-state index is 0.200. The number of hydrogen-bond donors (Lipinski definition) is 2. The van der Waals surface area contributed by atoms with E-state index in [1.807, 2.05) is 0 Å². The highest BCUT2D eigenvalue weighted by atomic mass is 16.5. The number of urea groups is 1. The van der Waals surface area contributed by atoms with Gasteiger partial charge in [0.15, 0.2) is 0 Å². The highest BCUT2D eigenvalue weighted by molar-refractivity contribution is 6.06. The van der Waals surface area contributed by atoms with Crippen LogP contribution in [0.1, 0.15) is 26.2 Å². The molecule has 1 aromatic heterocycles. The maximum atomic E-state index is 12.1. The Bertz CT molecular complexity index is 593. The second-order valence-corrected chi connectivity index (χ2v) is 6.34. The van der Waals surface area contributed by atoms with Crippen LogP contribution in [0.2, 0.25) is 0 Å². The topological polar surface area (TPSA) is 104 Å². The molecule has 3 amide bonds. The van der Waals surface area contributed by atoms with Crippen LogP contribution in [0.15, 0.2) is 4.52 Å². The first-order chi connectivity index (χ1) is 11.0. The summed E-state index contributed by atoms with van der Waals surface area (Å²) >= 11 is 0. The summed E-state index contributed by atoms with van der Waals surface area (Å²) < 4.78 is 5.25. The van der Waals surface area contributed by atoms with Gasteiger partial charge in [0.2, 0.25) is 5.89 Å². The molecule has 0 unspecified atom stereocenters. The Morgan fingerprint density at radius 2 is 2.00 bits per heavy atom. The monoisotopic (exact) mass is 322 g/mol. The third-order valence-electron chi connectivity index (χ3n) is 4.07. The molecule has 9 heteroatoms. The van der Waals surface area contributed by atoms with Gasteiger partial charge in [0.1, 0.15) is 5.54 Å². The summed E-state index contributed by atoms with van der Waals surface area (Å²) in [5, 5.41) is 9.93. The van der Waals surface area contributed by atoms with Crippen LogP contribution < -0.4 is 15.5 Å². The summed E-state index contributed by atoms with van der Waals surface area (Å²) in [7, 11) is 0. The van der Waals surface area contributed by atoms with Gasteiger partial charge >= 0.3 is 6.03 Å². The maximum Gasteiger partial charge on any atom is 0.325 e. The van der Waals surface area contributed by atoms with Crippen LogP contribution in [0.4, 0.5) is 10.7 Å². The molecule has 23 heavy (non-hydrogen) atoms. The van der Waals surface area contributed by atoms with Gasteiger partial charge in [0.25, 0.3) is 11.9 Å². The Hall–Kier alpha value is -2.16. The molecule has 0 atom stereocenters. The van der Waals surface area contributed by atoms with Gasteiger partial charge < -0.3 is 20.1 Å². The molecule has 2 aliphatic heterocycles. The van der Waals surface area contributed by atoms with Crippen molar-refractivity contribution < 1.29 is 14.1 Å². The lowest BCUT2D eigenvalue weighted by molar-refractivity contribution is -0.130. The minimum Gasteiger partial charge on any atom is -0.337 e. The number of anilines is 1. The lowest BCUT2D eigenvalue weighted by Crippen LogP contribution is -2.44. The van der Waals surface area contributed by atoms with Gasteiger partial charge in [-0.15, -0.1) is 0 Å². The van der Waals surface area contributed by atoms with Crippen LogP contribution in [0.3, 0.4) is 0 Å². The van der Waals surface area contributed by atoms with Gasteiger partial charge in [-0.25, -0.2) is 4.79 Å². The number of carbonyl (C=O) groups excluding carboxylic acids is 2. The molecule has 3 rings (SSSR count). The van der Waals surface area contributed by atoms with Crippen LogP contribution in [-0.4, -0.2) is 65.2 Å². The van der Waals surface area contributed by atoms with Crippen molar-refractivity contribution in [1.82, 2.24) is 25.7 Å². The molecule has 0 aromatic carbocycles. The molecule has 0 radical (unpaired) electrons. The van der Waals surface area contributed by atoms with Gasteiger partial charge in [-0.1, -0.05) is 0 Å². The van der Waals surface area contributed by atoms with E-state index in [4.69, 9.17) is 4.52 Å². The Balaban J connectivity index is 1.50. The Morgan fingerprint density at radius 1 is 1.26 bits per heavy atom. The zero-order valence-corrected chi connectivity index (χ0v) is 13.5. The van der Waals surface area contributed by atoms with Crippen molar-refractivity contribution in [1.29, 1.82) is 0 Å². The van der Waals surface area contributed by atoms with Crippen molar-refractivity contribution in [3.63, 3.8) is 0 Å². The normalized spacial score (nSPS) is 21.0. The lowest BCUT2D eigenvalue weighted by Gasteiger charge is -2.25. The summed E-state index contributed by atoms with van der Waals surface area (Å²) in [4.78, 5) is 31.5. The highest BCUT2D eigenvalue weighted by Gasteiger charge is 2.43. The number of nitrogens with one attached hydrogen (secondary N) is 2.